The molecule has 2 aromatic heterocycles. The first-order chi connectivity index (χ1) is 28.1. The van der Waals surface area contributed by atoms with E-state index in [1.165, 1.54) is 49.6 Å². The zero-order chi connectivity index (χ0) is 38.9. The number of hydrogen-bond donors (Lipinski definition) is 1. The lowest BCUT2D eigenvalue weighted by Crippen LogP contribution is -2.00. The van der Waals surface area contributed by atoms with Gasteiger partial charge in [-0.3, -0.25) is 4.57 Å². The van der Waals surface area contributed by atoms with E-state index in [1.54, 1.807) is 0 Å². The topological polar surface area (TPSA) is 34.8 Å². The first-order valence-electron chi connectivity index (χ1n) is 19.6. The van der Waals surface area contributed by atoms with Crippen molar-refractivity contribution in [2.75, 3.05) is 5.32 Å². The van der Waals surface area contributed by atoms with Gasteiger partial charge in [-0.05, 0) is 128 Å². The number of nitrogens with zero attached hydrogens (tertiary/aromatic N) is 3. The van der Waals surface area contributed by atoms with Gasteiger partial charge in [-0.2, -0.15) is 0 Å². The van der Waals surface area contributed by atoms with Crippen molar-refractivity contribution < 1.29 is 0 Å². The van der Waals surface area contributed by atoms with E-state index in [2.05, 4.69) is 224 Å². The fourth-order valence-corrected chi connectivity index (χ4v) is 8.45. The molecule has 0 aliphatic carbocycles. The van der Waals surface area contributed by atoms with Crippen LogP contribution in [-0.2, 0) is 0 Å². The lowest BCUT2D eigenvalue weighted by molar-refractivity contribution is 1.06. The van der Waals surface area contributed by atoms with Crippen LogP contribution in [0.5, 0.6) is 0 Å². The number of rotatable bonds is 6. The molecule has 0 saturated heterocycles. The minimum atomic E-state index is 0.885. The lowest BCUT2D eigenvalue weighted by atomic mass is 9.86. The summed E-state index contributed by atoms with van der Waals surface area (Å²) in [6.45, 7) is 8.69. The van der Waals surface area contributed by atoms with Gasteiger partial charge in [-0.25, -0.2) is 4.98 Å². The molecular weight excluding hydrogens is 693 g/mol. The maximum absolute atomic E-state index is 5.20. The zero-order valence-corrected chi connectivity index (χ0v) is 32.7. The van der Waals surface area contributed by atoms with Crippen molar-refractivity contribution in [1.82, 2.24) is 14.1 Å². The Morgan fingerprint density at radius 3 is 2.23 bits per heavy atom. The number of allylic oxidation sites excluding steroid dienone is 10. The second-order valence-electron chi connectivity index (χ2n) is 14.4. The van der Waals surface area contributed by atoms with Crippen molar-refractivity contribution >= 4 is 55.9 Å². The van der Waals surface area contributed by atoms with E-state index in [0.717, 1.165) is 50.6 Å². The van der Waals surface area contributed by atoms with Gasteiger partial charge in [0.05, 0.1) is 22.1 Å². The molecule has 3 heterocycles. The zero-order valence-electron chi connectivity index (χ0n) is 32.7. The summed E-state index contributed by atoms with van der Waals surface area (Å²) in [4.78, 5) is 5.20. The second kappa shape index (κ2) is 15.2. The summed E-state index contributed by atoms with van der Waals surface area (Å²) >= 11 is 0. The predicted octanol–water partition coefficient (Wildman–Crippen LogP) is 14.1. The van der Waals surface area contributed by atoms with Crippen LogP contribution in [-0.4, -0.2) is 14.1 Å². The molecule has 0 amide bonds. The SMILES string of the molecule is C\C=C/C(=C\C=C\C)n1c2ccccc2c2c(C)c(-c3ccc4c(c3C)-c3ccccc3N/C=C/C=C(c3nc5ccccc5n3-c3ccccc3)\C=C/4)ccc21. The molecular formula is C53H44N4. The summed E-state index contributed by atoms with van der Waals surface area (Å²) in [6, 6.07) is 45.4. The van der Waals surface area contributed by atoms with E-state index in [9.17, 15) is 0 Å². The molecule has 1 aliphatic heterocycles. The summed E-state index contributed by atoms with van der Waals surface area (Å²) in [5.41, 5.74) is 17.1. The number of para-hydroxylation sites is 5. The molecule has 0 bridgehead atoms. The molecule has 4 heteroatoms. The second-order valence-corrected chi connectivity index (χ2v) is 14.4. The Bertz CT molecular complexity index is 3010. The number of anilines is 1. The van der Waals surface area contributed by atoms with Crippen molar-refractivity contribution in [2.24, 2.45) is 0 Å². The molecule has 276 valence electrons. The fourth-order valence-electron chi connectivity index (χ4n) is 8.45. The van der Waals surface area contributed by atoms with E-state index >= 15 is 0 Å². The van der Waals surface area contributed by atoms with Gasteiger partial charge in [0, 0.05) is 45.2 Å². The Balaban J connectivity index is 1.24. The molecule has 1 aliphatic rings. The van der Waals surface area contributed by atoms with Crippen LogP contribution in [0.2, 0.25) is 0 Å². The number of benzene rings is 6. The van der Waals surface area contributed by atoms with E-state index in [-0.39, 0.29) is 0 Å². The van der Waals surface area contributed by atoms with Crippen molar-refractivity contribution in [3.8, 4) is 27.9 Å². The minimum absolute atomic E-state index is 0.885. The molecule has 57 heavy (non-hydrogen) atoms. The van der Waals surface area contributed by atoms with Crippen molar-refractivity contribution in [3.63, 3.8) is 0 Å². The van der Waals surface area contributed by atoms with E-state index in [1.807, 2.05) is 6.20 Å². The summed E-state index contributed by atoms with van der Waals surface area (Å²) in [7, 11) is 0. The van der Waals surface area contributed by atoms with Crippen LogP contribution in [0.15, 0.2) is 182 Å². The van der Waals surface area contributed by atoms with E-state index < -0.39 is 0 Å². The first-order valence-corrected chi connectivity index (χ1v) is 19.6. The number of nitrogens with one attached hydrogen (secondary N) is 1. The predicted molar refractivity (Wildman–Crippen MR) is 245 cm³/mol. The van der Waals surface area contributed by atoms with Crippen molar-refractivity contribution in [2.45, 2.75) is 27.7 Å². The lowest BCUT2D eigenvalue weighted by Gasteiger charge is -2.19. The Kier molecular flexibility index (Phi) is 9.45. The highest BCUT2D eigenvalue weighted by Gasteiger charge is 2.21. The third-order valence-corrected chi connectivity index (χ3v) is 11.0. The van der Waals surface area contributed by atoms with Gasteiger partial charge in [0.2, 0.25) is 0 Å². The molecule has 0 atom stereocenters. The standard InChI is InChI=1S/C53H44N4/c1-5-7-20-40(18-6-2)56-48-27-15-12-24-45(48)52-37(4)43(33-34-50(52)56)42-32-31-38-29-30-39(19-17-35-54-46-25-13-11-23-44(46)51(38)36(42)3)53-55-47-26-14-16-28-49(47)57(53)41-21-9-8-10-22-41/h5-35,54H,1-4H3/b7-5+,18-6-,30-29-,35-17+,39-19+,40-20+. The first kappa shape index (κ1) is 35.5. The van der Waals surface area contributed by atoms with Gasteiger partial charge < -0.3 is 9.88 Å². The third-order valence-electron chi connectivity index (χ3n) is 11.0. The van der Waals surface area contributed by atoms with Crippen molar-refractivity contribution in [1.29, 1.82) is 0 Å². The molecule has 0 radical (unpaired) electrons. The summed E-state index contributed by atoms with van der Waals surface area (Å²) in [6.07, 6.45) is 21.4. The Morgan fingerprint density at radius 2 is 1.39 bits per heavy atom. The highest BCUT2D eigenvalue weighted by molar-refractivity contribution is 6.14. The minimum Gasteiger partial charge on any atom is -0.361 e. The molecule has 1 N–H and O–H groups in total. The molecule has 0 spiro atoms. The third kappa shape index (κ3) is 6.26. The van der Waals surface area contributed by atoms with Crippen LogP contribution in [0.1, 0.15) is 36.4 Å². The largest absolute Gasteiger partial charge is 0.361 e. The highest BCUT2D eigenvalue weighted by atomic mass is 15.1. The Hall–Kier alpha value is -7.17. The van der Waals surface area contributed by atoms with Crippen molar-refractivity contribution in [3.05, 3.63) is 205 Å². The highest BCUT2D eigenvalue weighted by Crippen LogP contribution is 2.43. The normalized spacial score (nSPS) is 15.4. The van der Waals surface area contributed by atoms with Crippen LogP contribution in [0, 0.1) is 13.8 Å². The van der Waals surface area contributed by atoms with E-state index in [4.69, 9.17) is 4.98 Å². The fraction of sp³-hybridized carbons (Fsp3) is 0.0755. The van der Waals surface area contributed by atoms with E-state index in [0.29, 0.717) is 0 Å². The average Bonchev–Trinajstić information content (AvgIpc) is 3.79. The molecule has 4 nitrogen and oxygen atoms in total. The number of aryl methyl sites for hydroxylation is 1. The summed E-state index contributed by atoms with van der Waals surface area (Å²) < 4.78 is 4.64. The van der Waals surface area contributed by atoms with Crippen LogP contribution < -0.4 is 5.32 Å². The summed E-state index contributed by atoms with van der Waals surface area (Å²) in [5.74, 6) is 0.885. The molecule has 0 saturated carbocycles. The van der Waals surface area contributed by atoms with Gasteiger partial charge in [0.1, 0.15) is 5.82 Å². The van der Waals surface area contributed by atoms with Gasteiger partial charge in [0.15, 0.2) is 0 Å². The van der Waals surface area contributed by atoms with Crippen LogP contribution in [0.3, 0.4) is 0 Å². The number of imidazole rings is 1. The average molecular weight is 737 g/mol. The van der Waals surface area contributed by atoms with Gasteiger partial charge in [0.25, 0.3) is 0 Å². The number of fused-ring (bicyclic) bond motifs is 7. The van der Waals surface area contributed by atoms with Crippen LogP contribution >= 0.6 is 0 Å². The monoisotopic (exact) mass is 736 g/mol. The molecule has 9 rings (SSSR count). The molecule has 0 unspecified atom stereocenters. The van der Waals surface area contributed by atoms with Gasteiger partial charge in [-0.1, -0.05) is 115 Å². The molecule has 8 aromatic rings. The smallest absolute Gasteiger partial charge is 0.145 e. The van der Waals surface area contributed by atoms with Gasteiger partial charge >= 0.3 is 0 Å². The van der Waals surface area contributed by atoms with Crippen LogP contribution in [0.25, 0.3) is 78.1 Å². The quantitative estimate of drug-likeness (QED) is 0.173. The molecule has 6 aromatic carbocycles. The number of aromatic nitrogens is 3. The Morgan fingerprint density at radius 1 is 0.649 bits per heavy atom. The van der Waals surface area contributed by atoms with Gasteiger partial charge in [-0.15, -0.1) is 0 Å². The summed E-state index contributed by atoms with van der Waals surface area (Å²) in [5, 5.41) is 6.15. The maximum Gasteiger partial charge on any atom is 0.145 e. The molecule has 0 fully saturated rings. The number of hydrogen-bond acceptors (Lipinski definition) is 2. The van der Waals surface area contributed by atoms with Crippen LogP contribution in [0.4, 0.5) is 5.69 Å². The maximum atomic E-state index is 5.20. The Labute approximate surface area is 334 Å².